The van der Waals surface area contributed by atoms with Gasteiger partial charge in [-0.3, -0.25) is 4.57 Å². The molecule has 2 rings (SSSR count). The number of aromatic nitrogens is 4. The largest absolute Gasteiger partial charge is 0.460 e. The number of thiazole rings is 1. The van der Waals surface area contributed by atoms with Gasteiger partial charge in [-0.2, -0.15) is 0 Å². The Balaban J connectivity index is 2.42. The number of hydrogen-bond acceptors (Lipinski definition) is 6. The van der Waals surface area contributed by atoms with Gasteiger partial charge in [0.05, 0.1) is 12.6 Å². The van der Waals surface area contributed by atoms with Crippen molar-refractivity contribution >= 4 is 17.3 Å². The van der Waals surface area contributed by atoms with Gasteiger partial charge in [-0.1, -0.05) is 6.92 Å². The molecule has 0 spiro atoms. The number of aryl methyl sites for hydroxylation is 1. The summed E-state index contributed by atoms with van der Waals surface area (Å²) in [6, 6.07) is -0.0330. The zero-order valence-electron chi connectivity index (χ0n) is 11.2. The van der Waals surface area contributed by atoms with Gasteiger partial charge in [0, 0.05) is 11.6 Å². The molecular weight excluding hydrogens is 264 g/mol. The van der Waals surface area contributed by atoms with Crippen molar-refractivity contribution in [2.24, 2.45) is 0 Å². The first kappa shape index (κ1) is 13.7. The summed E-state index contributed by atoms with van der Waals surface area (Å²) in [5, 5.41) is 10.8. The van der Waals surface area contributed by atoms with Gasteiger partial charge in [-0.05, 0) is 20.3 Å². The van der Waals surface area contributed by atoms with Crippen LogP contribution in [-0.4, -0.2) is 32.3 Å². The van der Waals surface area contributed by atoms with E-state index in [1.807, 2.05) is 19.2 Å². The molecule has 19 heavy (non-hydrogen) atoms. The Kier molecular flexibility index (Phi) is 4.26. The zero-order chi connectivity index (χ0) is 13.8. The lowest BCUT2D eigenvalue weighted by molar-refractivity contribution is 0.0504. The maximum absolute atomic E-state index is 11.9. The van der Waals surface area contributed by atoms with E-state index in [0.717, 1.165) is 11.4 Å². The lowest BCUT2D eigenvalue weighted by atomic mass is 10.2. The first-order valence-corrected chi connectivity index (χ1v) is 7.05. The summed E-state index contributed by atoms with van der Waals surface area (Å²) in [6.07, 6.45) is 2.56. The Morgan fingerprint density at radius 1 is 1.47 bits per heavy atom. The van der Waals surface area contributed by atoms with Gasteiger partial charge in [0.2, 0.25) is 5.82 Å². The van der Waals surface area contributed by atoms with Crippen LogP contribution in [0.2, 0.25) is 0 Å². The fourth-order valence-corrected chi connectivity index (χ4v) is 2.76. The minimum absolute atomic E-state index is 0.0330. The topological polar surface area (TPSA) is 69.9 Å². The fraction of sp³-hybridized carbons (Fsp3) is 0.500. The summed E-state index contributed by atoms with van der Waals surface area (Å²) in [6.45, 7) is 5.95. The molecule has 0 saturated carbocycles. The summed E-state index contributed by atoms with van der Waals surface area (Å²) in [7, 11) is 0. The highest BCUT2D eigenvalue weighted by atomic mass is 32.1. The van der Waals surface area contributed by atoms with Crippen molar-refractivity contribution in [3.8, 4) is 0 Å². The van der Waals surface area contributed by atoms with E-state index in [4.69, 9.17) is 4.74 Å². The van der Waals surface area contributed by atoms with Crippen LogP contribution < -0.4 is 0 Å². The Bertz CT molecular complexity index is 550. The van der Waals surface area contributed by atoms with Gasteiger partial charge in [0.25, 0.3) is 0 Å². The van der Waals surface area contributed by atoms with Gasteiger partial charge in [-0.25, -0.2) is 9.78 Å². The van der Waals surface area contributed by atoms with E-state index in [2.05, 4.69) is 15.2 Å². The molecule has 0 aromatic carbocycles. The number of esters is 1. The molecule has 0 radical (unpaired) electrons. The molecule has 6 nitrogen and oxygen atoms in total. The minimum Gasteiger partial charge on any atom is -0.460 e. The Hall–Kier alpha value is -1.76. The molecular formula is C12H16N4O2S. The molecule has 0 fully saturated rings. The summed E-state index contributed by atoms with van der Waals surface area (Å²) in [5.41, 5.74) is 0. The van der Waals surface area contributed by atoms with Crippen LogP contribution in [0.3, 0.4) is 0 Å². The molecule has 0 aliphatic carbocycles. The number of rotatable bonds is 5. The Labute approximate surface area is 115 Å². The van der Waals surface area contributed by atoms with Crippen LogP contribution in [0.15, 0.2) is 11.6 Å². The predicted molar refractivity (Wildman–Crippen MR) is 71.3 cm³/mol. The van der Waals surface area contributed by atoms with Crippen molar-refractivity contribution in [3.05, 3.63) is 28.2 Å². The second-order valence-electron chi connectivity index (χ2n) is 3.96. The monoisotopic (exact) mass is 280 g/mol. The maximum atomic E-state index is 11.9. The minimum atomic E-state index is -0.446. The fourth-order valence-electron chi connectivity index (χ4n) is 1.94. The van der Waals surface area contributed by atoms with Gasteiger partial charge < -0.3 is 4.74 Å². The number of carbonyl (C=O) groups excluding carboxylic acids is 1. The van der Waals surface area contributed by atoms with Crippen LogP contribution >= 0.6 is 11.3 Å². The molecule has 0 aliphatic heterocycles. The van der Waals surface area contributed by atoms with Crippen LogP contribution in [0.4, 0.5) is 0 Å². The van der Waals surface area contributed by atoms with Crippen LogP contribution in [0.25, 0.3) is 0 Å². The second kappa shape index (κ2) is 5.92. The molecule has 0 bridgehead atoms. The van der Waals surface area contributed by atoms with E-state index in [-0.39, 0.29) is 11.9 Å². The zero-order valence-corrected chi connectivity index (χ0v) is 12.0. The molecule has 2 aromatic rings. The first-order valence-electron chi connectivity index (χ1n) is 6.17. The molecule has 0 saturated heterocycles. The van der Waals surface area contributed by atoms with E-state index < -0.39 is 5.97 Å². The van der Waals surface area contributed by atoms with E-state index in [1.54, 1.807) is 29.0 Å². The van der Waals surface area contributed by atoms with Crippen molar-refractivity contribution in [2.75, 3.05) is 6.61 Å². The van der Waals surface area contributed by atoms with Crippen molar-refractivity contribution in [1.29, 1.82) is 0 Å². The highest BCUT2D eigenvalue weighted by molar-refractivity contribution is 7.09. The van der Waals surface area contributed by atoms with Gasteiger partial charge in [-0.15, -0.1) is 21.5 Å². The molecule has 102 valence electrons. The lowest BCUT2D eigenvalue weighted by Crippen LogP contribution is -2.19. The van der Waals surface area contributed by atoms with E-state index in [0.29, 0.717) is 12.4 Å². The number of nitrogens with zero attached hydrogens (tertiary/aromatic N) is 4. The molecule has 1 atom stereocenters. The van der Waals surface area contributed by atoms with Crippen LogP contribution in [0.1, 0.15) is 47.8 Å². The van der Waals surface area contributed by atoms with Crippen LogP contribution in [0.5, 0.6) is 0 Å². The first-order chi connectivity index (χ1) is 9.19. The third-order valence-corrected chi connectivity index (χ3v) is 3.64. The smallest absolute Gasteiger partial charge is 0.376 e. The number of hydrogen-bond donors (Lipinski definition) is 0. The van der Waals surface area contributed by atoms with E-state index in [1.165, 1.54) is 0 Å². The second-order valence-corrected chi connectivity index (χ2v) is 4.88. The van der Waals surface area contributed by atoms with Crippen molar-refractivity contribution in [1.82, 2.24) is 19.7 Å². The van der Waals surface area contributed by atoms with Crippen molar-refractivity contribution in [2.45, 2.75) is 33.2 Å². The Morgan fingerprint density at radius 2 is 2.26 bits per heavy atom. The summed E-state index contributed by atoms with van der Waals surface area (Å²) >= 11 is 1.56. The average molecular weight is 280 g/mol. The van der Waals surface area contributed by atoms with Gasteiger partial charge in [0.1, 0.15) is 10.8 Å². The maximum Gasteiger partial charge on any atom is 0.376 e. The van der Waals surface area contributed by atoms with Crippen molar-refractivity contribution < 1.29 is 9.53 Å². The molecule has 0 aliphatic rings. The molecule has 2 heterocycles. The quantitative estimate of drug-likeness (QED) is 0.785. The van der Waals surface area contributed by atoms with E-state index in [9.17, 15) is 4.79 Å². The van der Waals surface area contributed by atoms with Crippen LogP contribution in [-0.2, 0) is 4.74 Å². The van der Waals surface area contributed by atoms with Gasteiger partial charge >= 0.3 is 5.97 Å². The molecule has 7 heteroatoms. The van der Waals surface area contributed by atoms with Crippen molar-refractivity contribution in [3.63, 3.8) is 0 Å². The molecule has 0 N–H and O–H groups in total. The third-order valence-electron chi connectivity index (χ3n) is 2.76. The Morgan fingerprint density at radius 3 is 2.84 bits per heavy atom. The SMILES string of the molecule is CCOC(=O)c1nnc(C)n1C(CC)c1nccs1. The van der Waals surface area contributed by atoms with Gasteiger partial charge in [0.15, 0.2) is 0 Å². The number of ether oxygens (including phenoxy) is 1. The van der Waals surface area contributed by atoms with E-state index >= 15 is 0 Å². The summed E-state index contributed by atoms with van der Waals surface area (Å²) in [4.78, 5) is 16.2. The average Bonchev–Trinajstić information content (AvgIpc) is 3.02. The third kappa shape index (κ3) is 2.65. The highest BCUT2D eigenvalue weighted by Crippen LogP contribution is 2.26. The molecule has 0 amide bonds. The molecule has 1 unspecified atom stereocenters. The lowest BCUT2D eigenvalue weighted by Gasteiger charge is -2.17. The predicted octanol–water partition coefficient (Wildman–Crippen LogP) is 2.22. The number of carbonyl (C=O) groups is 1. The standard InChI is InChI=1S/C12H16N4O2S/c1-4-9(11-13-6-7-19-11)16-8(3)14-15-10(16)12(17)18-5-2/h6-7,9H,4-5H2,1-3H3. The van der Waals surface area contributed by atoms with Crippen LogP contribution in [0, 0.1) is 6.92 Å². The summed E-state index contributed by atoms with van der Waals surface area (Å²) in [5.74, 6) is 0.476. The summed E-state index contributed by atoms with van der Waals surface area (Å²) < 4.78 is 6.82. The normalized spacial score (nSPS) is 12.4. The highest BCUT2D eigenvalue weighted by Gasteiger charge is 2.25. The molecule has 2 aromatic heterocycles.